The van der Waals surface area contributed by atoms with E-state index >= 15 is 0 Å². The summed E-state index contributed by atoms with van der Waals surface area (Å²) in [6.45, 7) is 2.67. The third-order valence-corrected chi connectivity index (χ3v) is 8.81. The summed E-state index contributed by atoms with van der Waals surface area (Å²) in [4.78, 5) is 51.6. The van der Waals surface area contributed by atoms with Crippen molar-refractivity contribution < 1.29 is 38.1 Å². The molecule has 11 heteroatoms. The van der Waals surface area contributed by atoms with Crippen molar-refractivity contribution >= 4 is 30.0 Å². The number of nitrogens with one attached hydrogen (secondary N) is 2. The maximum atomic E-state index is 13.2. The van der Waals surface area contributed by atoms with E-state index in [4.69, 9.17) is 24.4 Å². The number of amidine groups is 1. The highest BCUT2D eigenvalue weighted by molar-refractivity contribution is 6.04. The number of esters is 1. The van der Waals surface area contributed by atoms with Gasteiger partial charge in [-0.05, 0) is 73.3 Å². The minimum absolute atomic E-state index is 0.0681. The average Bonchev–Trinajstić information content (AvgIpc) is 3.11. The first-order valence-electron chi connectivity index (χ1n) is 16.9. The fourth-order valence-corrected chi connectivity index (χ4v) is 6.07. The maximum Gasteiger partial charge on any atom is 0.511 e. The van der Waals surface area contributed by atoms with Gasteiger partial charge in [0.2, 0.25) is 6.29 Å². The lowest BCUT2D eigenvalue weighted by Crippen LogP contribution is -2.39. The van der Waals surface area contributed by atoms with Crippen LogP contribution in [0.5, 0.6) is 0 Å². The number of benzene rings is 3. The quantitative estimate of drug-likeness (QED) is 0.0757. The van der Waals surface area contributed by atoms with Gasteiger partial charge in [-0.25, -0.2) is 9.59 Å². The van der Waals surface area contributed by atoms with Gasteiger partial charge in [0, 0.05) is 37.6 Å². The highest BCUT2D eigenvalue weighted by Gasteiger charge is 2.27. The van der Waals surface area contributed by atoms with Crippen LogP contribution in [0, 0.1) is 11.3 Å². The van der Waals surface area contributed by atoms with Crippen molar-refractivity contribution in [2.24, 2.45) is 5.92 Å². The van der Waals surface area contributed by atoms with Gasteiger partial charge >= 0.3 is 18.2 Å². The van der Waals surface area contributed by atoms with Crippen molar-refractivity contribution in [3.8, 4) is 11.1 Å². The zero-order chi connectivity index (χ0) is 34.6. The fraction of sp³-hybridized carbons (Fsp3) is 0.395. The molecule has 1 atom stereocenters. The Morgan fingerprint density at radius 1 is 0.796 bits per heavy atom. The number of likely N-dealkylation sites (tertiary alicyclic amines) is 1. The largest absolute Gasteiger partial charge is 0.511 e. The third-order valence-electron chi connectivity index (χ3n) is 8.81. The van der Waals surface area contributed by atoms with Crippen LogP contribution in [0.15, 0.2) is 78.9 Å². The lowest BCUT2D eigenvalue weighted by molar-refractivity contribution is -0.170. The molecule has 2 aliphatic rings. The second-order valence-electron chi connectivity index (χ2n) is 12.5. The molecule has 1 unspecified atom stereocenters. The van der Waals surface area contributed by atoms with E-state index < -0.39 is 24.5 Å². The van der Waals surface area contributed by atoms with Crippen LogP contribution in [-0.4, -0.2) is 60.3 Å². The molecule has 3 aromatic carbocycles. The Bertz CT molecular complexity index is 1580. The molecule has 258 valence electrons. The van der Waals surface area contributed by atoms with E-state index in [2.05, 4.69) is 5.32 Å². The molecule has 0 spiro atoms. The van der Waals surface area contributed by atoms with Gasteiger partial charge in [0.15, 0.2) is 0 Å². The molecule has 11 nitrogen and oxygen atoms in total. The van der Waals surface area contributed by atoms with Crippen LogP contribution < -0.4 is 5.32 Å². The van der Waals surface area contributed by atoms with Crippen LogP contribution in [0.25, 0.3) is 11.1 Å². The summed E-state index contributed by atoms with van der Waals surface area (Å²) in [6.07, 6.45) is 3.71. The molecule has 1 heterocycles. The normalized spacial score (nSPS) is 15.8. The molecule has 1 saturated carbocycles. The number of hydrogen-bond acceptors (Lipinski definition) is 9. The predicted octanol–water partition coefficient (Wildman–Crippen LogP) is 7.22. The number of hydrogen-bond donors (Lipinski definition) is 2. The Morgan fingerprint density at radius 3 is 2.04 bits per heavy atom. The van der Waals surface area contributed by atoms with Crippen LogP contribution in [0.4, 0.5) is 9.59 Å². The van der Waals surface area contributed by atoms with E-state index in [1.54, 1.807) is 29.2 Å². The summed E-state index contributed by atoms with van der Waals surface area (Å²) in [5, 5.41) is 10.7. The number of rotatable bonds is 10. The zero-order valence-corrected chi connectivity index (χ0v) is 27.7. The number of piperidine rings is 1. The molecule has 3 aromatic rings. The van der Waals surface area contributed by atoms with Crippen LogP contribution in [0.1, 0.15) is 79.8 Å². The first-order valence-corrected chi connectivity index (χ1v) is 16.9. The van der Waals surface area contributed by atoms with Gasteiger partial charge < -0.3 is 23.8 Å². The third kappa shape index (κ3) is 10.7. The van der Waals surface area contributed by atoms with E-state index in [1.807, 2.05) is 54.6 Å². The maximum absolute atomic E-state index is 13.2. The molecule has 0 aromatic heterocycles. The average molecular weight is 670 g/mol. The lowest BCUT2D eigenvalue weighted by atomic mass is 9.93. The molecule has 2 amide bonds. The molecule has 5 rings (SSSR count). The topological polar surface area (TPSA) is 144 Å². The van der Waals surface area contributed by atoms with Crippen LogP contribution in [0.3, 0.4) is 0 Å². The van der Waals surface area contributed by atoms with Crippen LogP contribution in [0.2, 0.25) is 0 Å². The molecule has 49 heavy (non-hydrogen) atoms. The number of carbonyl (C=O) groups is 4. The van der Waals surface area contributed by atoms with Crippen molar-refractivity contribution in [1.82, 2.24) is 10.2 Å². The monoisotopic (exact) mass is 669 g/mol. The Kier molecular flexibility index (Phi) is 12.4. The van der Waals surface area contributed by atoms with Crippen molar-refractivity contribution in [3.05, 3.63) is 95.6 Å². The van der Waals surface area contributed by atoms with Crippen molar-refractivity contribution in [2.75, 3.05) is 13.1 Å². The molecule has 0 radical (unpaired) electrons. The van der Waals surface area contributed by atoms with Gasteiger partial charge in [-0.15, -0.1) is 0 Å². The van der Waals surface area contributed by atoms with Crippen molar-refractivity contribution in [3.63, 3.8) is 0 Å². The summed E-state index contributed by atoms with van der Waals surface area (Å²) in [5.41, 5.74) is 3.76. The summed E-state index contributed by atoms with van der Waals surface area (Å²) >= 11 is 0. The lowest BCUT2D eigenvalue weighted by Gasteiger charge is -2.32. The fourth-order valence-electron chi connectivity index (χ4n) is 6.07. The molecule has 1 aliphatic heterocycles. The SMILES string of the molecule is CC(OC(=O)CC1CCN(C(=O)c2ccc(-c3ccc(C(=N)NC(=O)OCc4ccccc4)cc3)cc2)CC1)OC(=O)OC1CCCCC1. The molecule has 1 aliphatic carbocycles. The van der Waals surface area contributed by atoms with Crippen LogP contribution in [-0.2, 0) is 30.3 Å². The van der Waals surface area contributed by atoms with Crippen molar-refractivity contribution in [1.29, 1.82) is 5.41 Å². The number of amides is 2. The summed E-state index contributed by atoms with van der Waals surface area (Å²) < 4.78 is 20.9. The minimum atomic E-state index is -1.03. The van der Waals surface area contributed by atoms with E-state index in [-0.39, 0.29) is 36.8 Å². The first kappa shape index (κ1) is 35.1. The highest BCUT2D eigenvalue weighted by Crippen LogP contribution is 2.25. The molecule has 1 saturated heterocycles. The standard InChI is InChI=1S/C38H43N3O8/c1-26(48-38(45)49-33-10-6-3-7-11-33)47-34(42)24-27-20-22-41(23-21-27)36(43)32-18-14-30(15-19-32)29-12-16-31(17-13-29)35(39)40-37(44)46-25-28-8-4-2-5-9-28/h2,4-5,8-9,12-19,26-27,33H,3,6-7,10-11,20-25H2,1H3,(H2,39,40,44). The van der Waals surface area contributed by atoms with Gasteiger partial charge in [-0.3, -0.25) is 20.3 Å². The van der Waals surface area contributed by atoms with Gasteiger partial charge in [0.25, 0.3) is 5.91 Å². The smallest absolute Gasteiger partial charge is 0.444 e. The number of ether oxygens (including phenoxy) is 4. The zero-order valence-electron chi connectivity index (χ0n) is 27.7. The van der Waals surface area contributed by atoms with Gasteiger partial charge in [-0.1, -0.05) is 73.2 Å². The summed E-state index contributed by atoms with van der Waals surface area (Å²) in [7, 11) is 0. The molecular weight excluding hydrogens is 626 g/mol. The molecule has 2 fully saturated rings. The second-order valence-corrected chi connectivity index (χ2v) is 12.5. The first-order chi connectivity index (χ1) is 23.7. The number of carbonyl (C=O) groups excluding carboxylic acids is 4. The van der Waals surface area contributed by atoms with Gasteiger partial charge in [-0.2, -0.15) is 0 Å². The van der Waals surface area contributed by atoms with E-state index in [1.165, 1.54) is 6.92 Å². The molecule has 2 N–H and O–H groups in total. The van der Waals surface area contributed by atoms with E-state index in [0.29, 0.717) is 37.1 Å². The molecular formula is C38H43N3O8. The van der Waals surface area contributed by atoms with Crippen molar-refractivity contribution in [2.45, 2.75) is 77.3 Å². The van der Waals surface area contributed by atoms with Crippen LogP contribution >= 0.6 is 0 Å². The second kappa shape index (κ2) is 17.3. The van der Waals surface area contributed by atoms with Gasteiger partial charge in [0.05, 0.1) is 0 Å². The highest BCUT2D eigenvalue weighted by atomic mass is 16.8. The Balaban J connectivity index is 1.02. The predicted molar refractivity (Wildman–Crippen MR) is 182 cm³/mol. The number of nitrogens with zero attached hydrogens (tertiary/aromatic N) is 1. The Hall–Kier alpha value is -5.19. The number of alkyl carbamates (subject to hydrolysis) is 1. The minimum Gasteiger partial charge on any atom is -0.444 e. The van der Waals surface area contributed by atoms with E-state index in [0.717, 1.165) is 48.8 Å². The Morgan fingerprint density at radius 2 is 1.41 bits per heavy atom. The Labute approximate surface area is 286 Å². The van der Waals surface area contributed by atoms with Gasteiger partial charge in [0.1, 0.15) is 18.5 Å². The molecule has 0 bridgehead atoms. The summed E-state index contributed by atoms with van der Waals surface area (Å²) in [5.74, 6) is -0.512. The van der Waals surface area contributed by atoms with E-state index in [9.17, 15) is 19.2 Å². The summed E-state index contributed by atoms with van der Waals surface area (Å²) in [6, 6.07) is 23.8.